The van der Waals surface area contributed by atoms with Gasteiger partial charge in [0.2, 0.25) is 18.0 Å². The monoisotopic (exact) mass is 834 g/mol. The topological polar surface area (TPSA) is 230 Å². The number of nitro groups is 2. The van der Waals surface area contributed by atoms with Gasteiger partial charge in [-0.05, 0) is 133 Å². The summed E-state index contributed by atoms with van der Waals surface area (Å²) in [5, 5.41) is 44.9. The summed E-state index contributed by atoms with van der Waals surface area (Å²) in [6, 6.07) is -1.47. The zero-order valence-corrected chi connectivity index (χ0v) is 35.2. The maximum absolute atomic E-state index is 13.1. The van der Waals surface area contributed by atoms with Crippen molar-refractivity contribution in [2.45, 2.75) is 204 Å². The molecule has 6 fully saturated rings. The molecule has 0 bridgehead atoms. The van der Waals surface area contributed by atoms with Gasteiger partial charge in [0, 0.05) is 53.5 Å². The van der Waals surface area contributed by atoms with Crippen molar-refractivity contribution in [2.24, 2.45) is 40.9 Å². The lowest BCUT2D eigenvalue weighted by atomic mass is 9.60. The molecule has 6 atom stereocenters. The summed E-state index contributed by atoms with van der Waals surface area (Å²) in [5.41, 5.74) is 3.38. The number of carboxylic acids is 2. The molecule has 0 saturated heterocycles. The largest absolute Gasteiger partial charge is 0.481 e. The number of amides is 1. The molecule has 1 amide bonds. The minimum Gasteiger partial charge on any atom is -0.481 e. The van der Waals surface area contributed by atoms with E-state index in [-0.39, 0.29) is 89.8 Å². The lowest BCUT2D eigenvalue weighted by molar-refractivity contribution is -0.528. The maximum Gasteiger partial charge on any atom is 0.307 e. The van der Waals surface area contributed by atoms with Crippen molar-refractivity contribution in [3.63, 3.8) is 0 Å². The van der Waals surface area contributed by atoms with Gasteiger partial charge in [0.1, 0.15) is 0 Å². The predicted molar refractivity (Wildman–Crippen MR) is 215 cm³/mol. The Balaban J connectivity index is 0.834. The van der Waals surface area contributed by atoms with E-state index in [0.717, 1.165) is 89.9 Å². The van der Waals surface area contributed by atoms with E-state index in [9.17, 15) is 44.8 Å². The van der Waals surface area contributed by atoms with Gasteiger partial charge < -0.3 is 29.8 Å². The predicted octanol–water partition coefficient (Wildman–Crippen LogP) is 6.72. The standard InChI is InChI=1S/C43H70N4O12/c1-43(2,27-3-13-33(14-4-27)58-35-17-7-29(8-18-35)44-40(48)39-24-32(47(55)56)12-22-38(39)42(51)52)28-5-15-34(16-6-28)59-36-19-9-30(10-20-36)45-57-25-26-23-31(46(53)54)11-21-37(26)41(49)50/h26-39,45H,3-25H2,1-2H3,(H,44,48)(H,49,50)(H,51,52). The van der Waals surface area contributed by atoms with Gasteiger partial charge in [-0.3, -0.25) is 34.6 Å². The minimum atomic E-state index is -1.06. The van der Waals surface area contributed by atoms with Crippen molar-refractivity contribution in [1.29, 1.82) is 0 Å². The smallest absolute Gasteiger partial charge is 0.307 e. The summed E-state index contributed by atoms with van der Waals surface area (Å²) in [5.74, 6) is -3.72. The van der Waals surface area contributed by atoms with Crippen LogP contribution in [0.15, 0.2) is 0 Å². The molecule has 59 heavy (non-hydrogen) atoms. The highest BCUT2D eigenvalue weighted by Crippen LogP contribution is 2.49. The van der Waals surface area contributed by atoms with E-state index in [4.69, 9.17) is 14.3 Å². The molecular formula is C43H70N4O12. The molecule has 6 aliphatic carbocycles. The third-order valence-corrected chi connectivity index (χ3v) is 15.8. The fourth-order valence-electron chi connectivity index (χ4n) is 11.9. The molecular weight excluding hydrogens is 764 g/mol. The number of ether oxygens (including phenoxy) is 2. The van der Waals surface area contributed by atoms with E-state index < -0.39 is 41.8 Å². The van der Waals surface area contributed by atoms with Gasteiger partial charge in [0.05, 0.1) is 48.8 Å². The second kappa shape index (κ2) is 20.7. The number of aliphatic carboxylic acids is 2. The number of carbonyl (C=O) groups is 3. The van der Waals surface area contributed by atoms with Crippen LogP contribution in [0, 0.1) is 61.2 Å². The molecule has 0 radical (unpaired) electrons. The van der Waals surface area contributed by atoms with Gasteiger partial charge >= 0.3 is 11.9 Å². The summed E-state index contributed by atoms with van der Waals surface area (Å²) in [6.07, 6.45) is 18.0. The number of hydrogen-bond acceptors (Lipinski definition) is 11. The minimum absolute atomic E-state index is 0.0235. The fourth-order valence-corrected chi connectivity index (χ4v) is 11.9. The Morgan fingerprint density at radius 3 is 1.46 bits per heavy atom. The van der Waals surface area contributed by atoms with Crippen molar-refractivity contribution in [2.75, 3.05) is 6.61 Å². The number of rotatable bonds is 16. The van der Waals surface area contributed by atoms with Crippen LogP contribution in [0.1, 0.15) is 155 Å². The molecule has 6 aliphatic rings. The second-order valence-corrected chi connectivity index (χ2v) is 19.7. The van der Waals surface area contributed by atoms with Crippen LogP contribution in [0.2, 0.25) is 0 Å². The Morgan fingerprint density at radius 2 is 1.00 bits per heavy atom. The molecule has 0 aromatic heterocycles. The van der Waals surface area contributed by atoms with Gasteiger partial charge in [-0.25, -0.2) is 0 Å². The first kappa shape index (κ1) is 45.6. The van der Waals surface area contributed by atoms with Crippen LogP contribution in [-0.2, 0) is 28.7 Å². The van der Waals surface area contributed by atoms with Crippen LogP contribution in [0.4, 0.5) is 0 Å². The molecule has 16 nitrogen and oxygen atoms in total. The van der Waals surface area contributed by atoms with Crippen LogP contribution >= 0.6 is 0 Å². The van der Waals surface area contributed by atoms with Crippen LogP contribution in [0.25, 0.3) is 0 Å². The van der Waals surface area contributed by atoms with Crippen LogP contribution < -0.4 is 10.8 Å². The summed E-state index contributed by atoms with van der Waals surface area (Å²) >= 11 is 0. The van der Waals surface area contributed by atoms with Gasteiger partial charge in [-0.15, -0.1) is 0 Å². The van der Waals surface area contributed by atoms with Gasteiger partial charge in [-0.1, -0.05) is 13.8 Å². The number of hydrogen-bond donors (Lipinski definition) is 4. The molecule has 16 heteroatoms. The molecule has 334 valence electrons. The molecule has 6 unspecified atom stereocenters. The Hall–Kier alpha value is -2.95. The average Bonchev–Trinajstić information content (AvgIpc) is 3.22. The number of carboxylic acid groups (broad SMARTS) is 2. The van der Waals surface area contributed by atoms with Crippen LogP contribution in [0.5, 0.6) is 0 Å². The molecule has 6 rings (SSSR count). The molecule has 0 heterocycles. The Labute approximate surface area is 348 Å². The number of carbonyl (C=O) groups excluding carboxylic acids is 1. The lowest BCUT2D eigenvalue weighted by Crippen LogP contribution is -2.48. The summed E-state index contributed by atoms with van der Waals surface area (Å²) < 4.78 is 13.3. The first-order chi connectivity index (χ1) is 28.2. The third kappa shape index (κ3) is 12.1. The zero-order chi connectivity index (χ0) is 42.3. The lowest BCUT2D eigenvalue weighted by Gasteiger charge is -2.47. The van der Waals surface area contributed by atoms with Crippen LogP contribution in [-0.4, -0.2) is 93.1 Å². The fraction of sp³-hybridized carbons (Fsp3) is 0.930. The Bertz CT molecular complexity index is 1430. The highest BCUT2D eigenvalue weighted by molar-refractivity contribution is 5.85. The van der Waals surface area contributed by atoms with E-state index >= 15 is 0 Å². The molecule has 4 N–H and O–H groups in total. The molecule has 0 aromatic carbocycles. The summed E-state index contributed by atoms with van der Waals surface area (Å²) in [4.78, 5) is 64.4. The Kier molecular flexibility index (Phi) is 16.0. The first-order valence-corrected chi connectivity index (χ1v) is 22.9. The second-order valence-electron chi connectivity index (χ2n) is 19.7. The molecule has 0 aromatic rings. The maximum atomic E-state index is 13.1. The van der Waals surface area contributed by atoms with Crippen molar-refractivity contribution < 1.29 is 48.8 Å². The van der Waals surface area contributed by atoms with Crippen molar-refractivity contribution in [3.05, 3.63) is 20.2 Å². The van der Waals surface area contributed by atoms with Crippen molar-refractivity contribution >= 4 is 17.8 Å². The van der Waals surface area contributed by atoms with E-state index in [2.05, 4.69) is 24.6 Å². The Morgan fingerprint density at radius 1 is 0.576 bits per heavy atom. The van der Waals surface area contributed by atoms with Gasteiger partial charge in [0.25, 0.3) is 0 Å². The number of nitrogens with one attached hydrogen (secondary N) is 2. The molecule has 0 aliphatic heterocycles. The molecule has 6 saturated carbocycles. The third-order valence-electron chi connectivity index (χ3n) is 15.8. The van der Waals surface area contributed by atoms with E-state index in [1.54, 1.807) is 0 Å². The highest BCUT2D eigenvalue weighted by atomic mass is 16.6. The normalized spacial score (nSPS) is 38.5. The summed E-state index contributed by atoms with van der Waals surface area (Å²) in [6.45, 7) is 5.10. The van der Waals surface area contributed by atoms with E-state index in [1.807, 2.05) is 0 Å². The quantitative estimate of drug-likeness (QED) is 0.0937. The van der Waals surface area contributed by atoms with Crippen molar-refractivity contribution in [3.8, 4) is 0 Å². The SMILES string of the molecule is CC(C)(C1CCC(OC2CCC(NOCC3CC([N+](=O)[O-])CCC3C(=O)O)CC2)CC1)C1CCC(OC2CCC(NC(=O)C3CC([N+](=O)[O-])CCC3C(=O)O)CC2)CC1. The van der Waals surface area contributed by atoms with Crippen LogP contribution in [0.3, 0.4) is 0 Å². The van der Waals surface area contributed by atoms with E-state index in [0.29, 0.717) is 30.8 Å². The highest BCUT2D eigenvalue weighted by Gasteiger charge is 2.45. The van der Waals surface area contributed by atoms with Crippen molar-refractivity contribution in [1.82, 2.24) is 10.8 Å². The zero-order valence-electron chi connectivity index (χ0n) is 35.2. The van der Waals surface area contributed by atoms with Gasteiger partial charge in [0.15, 0.2) is 0 Å². The first-order valence-electron chi connectivity index (χ1n) is 22.9. The van der Waals surface area contributed by atoms with Gasteiger partial charge in [-0.2, -0.15) is 5.48 Å². The number of hydroxylamine groups is 1. The summed E-state index contributed by atoms with van der Waals surface area (Å²) in [7, 11) is 0. The molecule has 0 spiro atoms. The average molecular weight is 835 g/mol. The van der Waals surface area contributed by atoms with E-state index in [1.165, 1.54) is 12.8 Å². The number of nitrogens with zero attached hydrogens (tertiary/aromatic N) is 2.